The van der Waals surface area contributed by atoms with Crippen molar-refractivity contribution in [2.45, 2.75) is 13.8 Å². The molecule has 1 amide bonds. The highest BCUT2D eigenvalue weighted by Gasteiger charge is 2.15. The Bertz CT molecular complexity index is 1160. The van der Waals surface area contributed by atoms with E-state index in [-0.39, 0.29) is 19.0 Å². The van der Waals surface area contributed by atoms with Crippen LogP contribution in [0.1, 0.15) is 30.0 Å². The van der Waals surface area contributed by atoms with Crippen molar-refractivity contribution in [2.24, 2.45) is 5.10 Å². The van der Waals surface area contributed by atoms with Gasteiger partial charge in [-0.2, -0.15) is 5.10 Å². The van der Waals surface area contributed by atoms with E-state index >= 15 is 0 Å². The third-order valence-corrected chi connectivity index (χ3v) is 5.09. The predicted molar refractivity (Wildman–Crippen MR) is 129 cm³/mol. The van der Waals surface area contributed by atoms with Crippen molar-refractivity contribution in [1.82, 2.24) is 5.43 Å². The Kier molecular flexibility index (Phi) is 8.34. The summed E-state index contributed by atoms with van der Waals surface area (Å²) in [6.07, 6.45) is 1.47. The van der Waals surface area contributed by atoms with Gasteiger partial charge in [0.15, 0.2) is 23.9 Å². The molecule has 0 bridgehead atoms. The van der Waals surface area contributed by atoms with Crippen LogP contribution in [-0.4, -0.2) is 37.9 Å². The number of furan rings is 1. The smallest absolute Gasteiger partial charge is 0.344 e. The molecule has 3 aromatic rings. The van der Waals surface area contributed by atoms with E-state index in [0.29, 0.717) is 37.8 Å². The Hall–Kier alpha value is -2.79. The van der Waals surface area contributed by atoms with E-state index < -0.39 is 11.9 Å². The molecule has 0 unspecified atom stereocenters. The molecule has 0 aliphatic heterocycles. The van der Waals surface area contributed by atoms with Crippen molar-refractivity contribution in [1.29, 1.82) is 0 Å². The second kappa shape index (κ2) is 11.2. The number of carbonyl (C=O) groups excluding carboxylic acids is 2. The molecule has 32 heavy (non-hydrogen) atoms. The molecular weight excluding hydrogens is 551 g/mol. The van der Waals surface area contributed by atoms with Crippen molar-refractivity contribution in [3.63, 3.8) is 0 Å². The first kappa shape index (κ1) is 23.9. The van der Waals surface area contributed by atoms with E-state index in [9.17, 15) is 9.59 Å². The van der Waals surface area contributed by atoms with Crippen LogP contribution >= 0.6 is 34.2 Å². The van der Waals surface area contributed by atoms with Crippen LogP contribution in [0.2, 0.25) is 5.02 Å². The summed E-state index contributed by atoms with van der Waals surface area (Å²) in [5.74, 6) is 0.0367. The largest absolute Gasteiger partial charge is 0.490 e. The molecule has 0 fully saturated rings. The molecule has 1 aromatic heterocycles. The van der Waals surface area contributed by atoms with Gasteiger partial charge in [0.05, 0.1) is 23.0 Å². The van der Waals surface area contributed by atoms with Gasteiger partial charge in [0.1, 0.15) is 5.58 Å². The molecule has 0 aliphatic carbocycles. The molecule has 168 valence electrons. The van der Waals surface area contributed by atoms with Gasteiger partial charge >= 0.3 is 11.9 Å². The van der Waals surface area contributed by atoms with Crippen molar-refractivity contribution in [3.8, 4) is 11.5 Å². The van der Waals surface area contributed by atoms with Crippen LogP contribution in [0.5, 0.6) is 11.5 Å². The fraction of sp³-hybridized carbons (Fsp3) is 0.227. The summed E-state index contributed by atoms with van der Waals surface area (Å²) < 4.78 is 22.3. The lowest BCUT2D eigenvalue weighted by atomic mass is 10.2. The Morgan fingerprint density at radius 3 is 2.72 bits per heavy atom. The van der Waals surface area contributed by atoms with Crippen LogP contribution < -0.4 is 14.9 Å². The lowest BCUT2D eigenvalue weighted by Crippen LogP contribution is -2.17. The van der Waals surface area contributed by atoms with Crippen LogP contribution in [0, 0.1) is 3.57 Å². The van der Waals surface area contributed by atoms with Crippen molar-refractivity contribution < 1.29 is 28.2 Å². The van der Waals surface area contributed by atoms with Gasteiger partial charge < -0.3 is 18.6 Å². The molecule has 1 heterocycles. The van der Waals surface area contributed by atoms with E-state index in [1.165, 1.54) is 6.21 Å². The maximum absolute atomic E-state index is 12.3. The molecule has 0 saturated heterocycles. The number of amides is 1. The highest BCUT2D eigenvalue weighted by atomic mass is 127. The van der Waals surface area contributed by atoms with Gasteiger partial charge in [-0.1, -0.05) is 11.6 Å². The summed E-state index contributed by atoms with van der Waals surface area (Å²) in [6.45, 7) is 4.02. The van der Waals surface area contributed by atoms with Crippen LogP contribution in [0.25, 0.3) is 11.0 Å². The second-order valence-electron chi connectivity index (χ2n) is 6.35. The van der Waals surface area contributed by atoms with Crippen molar-refractivity contribution in [2.75, 3.05) is 19.8 Å². The number of fused-ring (bicyclic) bond motifs is 1. The Balaban J connectivity index is 1.71. The van der Waals surface area contributed by atoms with Crippen LogP contribution in [-0.2, 0) is 9.53 Å². The maximum atomic E-state index is 12.3. The highest BCUT2D eigenvalue weighted by molar-refractivity contribution is 14.1. The van der Waals surface area contributed by atoms with E-state index in [2.05, 4.69) is 33.1 Å². The van der Waals surface area contributed by atoms with E-state index in [1.807, 2.05) is 6.92 Å². The maximum Gasteiger partial charge on any atom is 0.344 e. The second-order valence-corrected chi connectivity index (χ2v) is 7.95. The SMILES string of the molecule is CCOC(=O)COc1c(I)cc(/C=N/NC(=O)c2cc3cc(Cl)ccc3o2)cc1OCC. The highest BCUT2D eigenvalue weighted by Crippen LogP contribution is 2.34. The number of hydrazone groups is 1. The molecule has 0 saturated carbocycles. The monoisotopic (exact) mass is 570 g/mol. The number of nitrogens with zero attached hydrogens (tertiary/aromatic N) is 1. The Morgan fingerprint density at radius 2 is 1.97 bits per heavy atom. The first-order valence-electron chi connectivity index (χ1n) is 9.68. The number of esters is 1. The van der Waals surface area contributed by atoms with Gasteiger partial charge in [0.25, 0.3) is 0 Å². The zero-order chi connectivity index (χ0) is 23.1. The predicted octanol–water partition coefficient (Wildman–Crippen LogP) is 4.80. The van der Waals surface area contributed by atoms with Gasteiger partial charge in [0, 0.05) is 10.4 Å². The van der Waals surface area contributed by atoms with Gasteiger partial charge in [0.2, 0.25) is 0 Å². The minimum atomic E-state index is -0.498. The molecule has 10 heteroatoms. The van der Waals surface area contributed by atoms with Crippen LogP contribution in [0.4, 0.5) is 0 Å². The number of carbonyl (C=O) groups is 2. The first-order valence-corrected chi connectivity index (χ1v) is 11.1. The molecule has 2 aromatic carbocycles. The van der Waals surface area contributed by atoms with E-state index in [0.717, 1.165) is 5.39 Å². The van der Waals surface area contributed by atoms with Gasteiger partial charge in [-0.15, -0.1) is 0 Å². The molecule has 0 atom stereocenters. The van der Waals surface area contributed by atoms with Crippen molar-refractivity contribution >= 4 is 63.3 Å². The number of ether oxygens (including phenoxy) is 3. The Morgan fingerprint density at radius 1 is 1.16 bits per heavy atom. The minimum absolute atomic E-state index is 0.117. The molecule has 0 aliphatic rings. The summed E-state index contributed by atoms with van der Waals surface area (Å²) in [6, 6.07) is 10.2. The number of benzene rings is 2. The minimum Gasteiger partial charge on any atom is -0.490 e. The molecule has 0 radical (unpaired) electrons. The van der Waals surface area contributed by atoms with Crippen LogP contribution in [0.15, 0.2) is 45.9 Å². The summed E-state index contributed by atoms with van der Waals surface area (Å²) in [7, 11) is 0. The fourth-order valence-corrected chi connectivity index (χ4v) is 3.71. The average molecular weight is 571 g/mol. The topological polar surface area (TPSA) is 99.4 Å². The summed E-state index contributed by atoms with van der Waals surface area (Å²) in [4.78, 5) is 23.9. The quantitative estimate of drug-likeness (QED) is 0.172. The molecular formula is C22H20ClIN2O6. The molecule has 1 N–H and O–H groups in total. The van der Waals surface area contributed by atoms with Gasteiger partial charge in [-0.3, -0.25) is 4.79 Å². The fourth-order valence-electron chi connectivity index (χ4n) is 2.75. The first-order chi connectivity index (χ1) is 15.4. The lowest BCUT2D eigenvalue weighted by molar-refractivity contribution is -0.145. The number of hydrogen-bond acceptors (Lipinski definition) is 7. The standard InChI is InChI=1S/C22H20ClIN2O6/c1-3-29-18-8-13(7-16(24)21(18)31-12-20(27)30-4-2)11-25-26-22(28)19-10-14-9-15(23)5-6-17(14)32-19/h5-11H,3-4,12H2,1-2H3,(H,26,28)/b25-11+. The average Bonchev–Trinajstić information content (AvgIpc) is 3.17. The summed E-state index contributed by atoms with van der Waals surface area (Å²) >= 11 is 8.03. The number of hydrogen-bond donors (Lipinski definition) is 1. The number of halogens is 2. The number of nitrogens with one attached hydrogen (secondary N) is 1. The van der Waals surface area contributed by atoms with Gasteiger partial charge in [-0.25, -0.2) is 10.2 Å². The normalized spacial score (nSPS) is 11.0. The Labute approximate surface area is 203 Å². The third-order valence-electron chi connectivity index (χ3n) is 4.05. The van der Waals surface area contributed by atoms with E-state index in [4.69, 9.17) is 30.2 Å². The number of rotatable bonds is 9. The zero-order valence-electron chi connectivity index (χ0n) is 17.3. The summed E-state index contributed by atoms with van der Waals surface area (Å²) in [5, 5.41) is 5.27. The van der Waals surface area contributed by atoms with Crippen LogP contribution in [0.3, 0.4) is 0 Å². The molecule has 0 spiro atoms. The van der Waals surface area contributed by atoms with E-state index in [1.54, 1.807) is 43.3 Å². The molecule has 3 rings (SSSR count). The third kappa shape index (κ3) is 6.13. The summed E-state index contributed by atoms with van der Waals surface area (Å²) in [5.41, 5.74) is 3.65. The zero-order valence-corrected chi connectivity index (χ0v) is 20.2. The lowest BCUT2D eigenvalue weighted by Gasteiger charge is -2.14. The van der Waals surface area contributed by atoms with Gasteiger partial charge in [-0.05, 0) is 78.4 Å². The van der Waals surface area contributed by atoms with Crippen molar-refractivity contribution in [3.05, 3.63) is 56.3 Å². The molecule has 8 nitrogen and oxygen atoms in total.